The van der Waals surface area contributed by atoms with E-state index in [1.165, 1.54) is 11.1 Å². The van der Waals surface area contributed by atoms with Crippen molar-refractivity contribution in [1.82, 2.24) is 4.90 Å². The summed E-state index contributed by atoms with van der Waals surface area (Å²) >= 11 is 6.00. The Balaban J connectivity index is 1.73. The van der Waals surface area contributed by atoms with Crippen molar-refractivity contribution >= 4 is 11.6 Å². The zero-order valence-corrected chi connectivity index (χ0v) is 13.4. The first kappa shape index (κ1) is 15.5. The lowest BCUT2D eigenvalue weighted by atomic mass is 9.87. The first-order valence-electron chi connectivity index (χ1n) is 7.89. The van der Waals surface area contributed by atoms with Gasteiger partial charge in [-0.25, -0.2) is 0 Å². The molecule has 22 heavy (non-hydrogen) atoms. The Morgan fingerprint density at radius 1 is 1.00 bits per heavy atom. The van der Waals surface area contributed by atoms with Gasteiger partial charge in [-0.05, 0) is 35.6 Å². The number of rotatable bonds is 5. The summed E-state index contributed by atoms with van der Waals surface area (Å²) in [5.74, 6) is 0.989. The quantitative estimate of drug-likeness (QED) is 0.903. The van der Waals surface area contributed by atoms with Gasteiger partial charge >= 0.3 is 0 Å². The summed E-state index contributed by atoms with van der Waals surface area (Å²) in [6, 6.07) is 18.8. The molecule has 0 radical (unpaired) electrons. The van der Waals surface area contributed by atoms with Crippen LogP contribution < -0.4 is 0 Å². The van der Waals surface area contributed by atoms with Gasteiger partial charge in [-0.3, -0.25) is 4.90 Å². The Bertz CT molecular complexity index is 584. The highest BCUT2D eigenvalue weighted by atomic mass is 35.5. The van der Waals surface area contributed by atoms with Gasteiger partial charge in [0.15, 0.2) is 0 Å². The zero-order chi connectivity index (χ0) is 15.4. The minimum Gasteiger partial charge on any atom is -0.396 e. The second-order valence-corrected chi connectivity index (χ2v) is 6.55. The molecule has 0 amide bonds. The van der Waals surface area contributed by atoms with E-state index in [2.05, 4.69) is 47.4 Å². The van der Waals surface area contributed by atoms with Gasteiger partial charge in [0.25, 0.3) is 0 Å². The van der Waals surface area contributed by atoms with Crippen molar-refractivity contribution in [1.29, 1.82) is 0 Å². The van der Waals surface area contributed by atoms with E-state index in [9.17, 15) is 5.11 Å². The standard InChI is InChI=1S/C19H22ClNO/c20-18-8-6-16(7-9-18)19-14-21(13-17(19)10-11-22)12-15-4-2-1-3-5-15/h1-9,17,19,22H,10-14H2/t17?,19-/m0/s1. The monoisotopic (exact) mass is 315 g/mol. The van der Waals surface area contributed by atoms with Gasteiger partial charge in [0.05, 0.1) is 0 Å². The average Bonchev–Trinajstić information content (AvgIpc) is 2.92. The molecular formula is C19H22ClNO. The molecule has 2 aromatic carbocycles. The highest BCUT2D eigenvalue weighted by molar-refractivity contribution is 6.30. The largest absolute Gasteiger partial charge is 0.396 e. The SMILES string of the molecule is OCCC1CN(Cc2ccccc2)C[C@H]1c1ccc(Cl)cc1. The third-order valence-electron chi connectivity index (χ3n) is 4.56. The number of hydrogen-bond donors (Lipinski definition) is 1. The molecule has 1 aliphatic rings. The van der Waals surface area contributed by atoms with E-state index in [1.807, 2.05) is 12.1 Å². The minimum absolute atomic E-state index is 0.258. The summed E-state index contributed by atoms with van der Waals surface area (Å²) < 4.78 is 0. The summed E-state index contributed by atoms with van der Waals surface area (Å²) in [5.41, 5.74) is 2.68. The molecule has 1 N–H and O–H groups in total. The molecule has 2 nitrogen and oxygen atoms in total. The van der Waals surface area contributed by atoms with Gasteiger partial charge in [0.2, 0.25) is 0 Å². The molecule has 116 valence electrons. The van der Waals surface area contributed by atoms with Crippen molar-refractivity contribution in [3.8, 4) is 0 Å². The van der Waals surface area contributed by atoms with Gasteiger partial charge in [0, 0.05) is 37.2 Å². The van der Waals surface area contributed by atoms with E-state index in [0.29, 0.717) is 11.8 Å². The van der Waals surface area contributed by atoms with Crippen LogP contribution in [0.15, 0.2) is 54.6 Å². The van der Waals surface area contributed by atoms with Crippen LogP contribution in [0.3, 0.4) is 0 Å². The van der Waals surface area contributed by atoms with E-state index < -0.39 is 0 Å². The van der Waals surface area contributed by atoms with Gasteiger partial charge in [-0.1, -0.05) is 54.1 Å². The van der Waals surface area contributed by atoms with Crippen LogP contribution in [0.5, 0.6) is 0 Å². The van der Waals surface area contributed by atoms with Crippen molar-refractivity contribution < 1.29 is 5.11 Å². The fraction of sp³-hybridized carbons (Fsp3) is 0.368. The lowest BCUT2D eigenvalue weighted by Gasteiger charge is -2.17. The molecule has 0 saturated carbocycles. The molecule has 1 aliphatic heterocycles. The first-order chi connectivity index (χ1) is 10.8. The van der Waals surface area contributed by atoms with Crippen LogP contribution in [0.25, 0.3) is 0 Å². The van der Waals surface area contributed by atoms with Crippen molar-refractivity contribution in [2.45, 2.75) is 18.9 Å². The van der Waals surface area contributed by atoms with Gasteiger partial charge in [0.1, 0.15) is 0 Å². The number of halogens is 1. The van der Waals surface area contributed by atoms with Crippen LogP contribution >= 0.6 is 11.6 Å². The highest BCUT2D eigenvalue weighted by Crippen LogP contribution is 2.35. The Kier molecular flexibility index (Phi) is 5.14. The van der Waals surface area contributed by atoms with Crippen LogP contribution in [0.1, 0.15) is 23.5 Å². The number of aliphatic hydroxyl groups is 1. The lowest BCUT2D eigenvalue weighted by Crippen LogP contribution is -2.20. The Morgan fingerprint density at radius 3 is 2.41 bits per heavy atom. The van der Waals surface area contributed by atoms with Crippen LogP contribution in [-0.2, 0) is 6.54 Å². The van der Waals surface area contributed by atoms with E-state index in [-0.39, 0.29) is 6.61 Å². The zero-order valence-electron chi connectivity index (χ0n) is 12.7. The third kappa shape index (κ3) is 3.70. The summed E-state index contributed by atoms with van der Waals surface area (Å²) in [5, 5.41) is 10.2. The number of nitrogens with zero attached hydrogens (tertiary/aromatic N) is 1. The maximum absolute atomic E-state index is 9.37. The summed E-state index contributed by atoms with van der Waals surface area (Å²) in [6.07, 6.45) is 0.860. The summed E-state index contributed by atoms with van der Waals surface area (Å²) in [6.45, 7) is 3.32. The molecule has 1 fully saturated rings. The van der Waals surface area contributed by atoms with Crippen LogP contribution in [0.4, 0.5) is 0 Å². The molecule has 2 aromatic rings. The normalized spacial score (nSPS) is 22.1. The number of aliphatic hydroxyl groups excluding tert-OH is 1. The number of benzene rings is 2. The smallest absolute Gasteiger partial charge is 0.0434 e. The predicted molar refractivity (Wildman–Crippen MR) is 91.1 cm³/mol. The fourth-order valence-corrected chi connectivity index (χ4v) is 3.60. The van der Waals surface area contributed by atoms with Crippen LogP contribution in [-0.4, -0.2) is 29.7 Å². The van der Waals surface area contributed by atoms with Gasteiger partial charge in [-0.2, -0.15) is 0 Å². The van der Waals surface area contributed by atoms with Gasteiger partial charge in [-0.15, -0.1) is 0 Å². The van der Waals surface area contributed by atoms with E-state index in [0.717, 1.165) is 31.1 Å². The predicted octanol–water partition coefficient (Wildman–Crippen LogP) is 3.94. The number of likely N-dealkylation sites (tertiary alicyclic amines) is 1. The van der Waals surface area contributed by atoms with E-state index >= 15 is 0 Å². The average molecular weight is 316 g/mol. The molecule has 1 unspecified atom stereocenters. The lowest BCUT2D eigenvalue weighted by molar-refractivity contribution is 0.246. The molecule has 3 heteroatoms. The summed E-state index contributed by atoms with van der Waals surface area (Å²) in [4.78, 5) is 2.49. The maximum Gasteiger partial charge on any atom is 0.0434 e. The molecule has 1 saturated heterocycles. The Morgan fingerprint density at radius 2 is 1.73 bits per heavy atom. The van der Waals surface area contributed by atoms with Crippen LogP contribution in [0.2, 0.25) is 5.02 Å². The summed E-state index contributed by atoms with van der Waals surface area (Å²) in [7, 11) is 0. The molecule has 0 aliphatic carbocycles. The first-order valence-corrected chi connectivity index (χ1v) is 8.26. The minimum atomic E-state index is 0.258. The maximum atomic E-state index is 9.37. The van der Waals surface area contributed by atoms with Crippen molar-refractivity contribution in [3.05, 3.63) is 70.7 Å². The second-order valence-electron chi connectivity index (χ2n) is 6.11. The number of hydrogen-bond acceptors (Lipinski definition) is 2. The topological polar surface area (TPSA) is 23.5 Å². The Hall–Kier alpha value is -1.35. The van der Waals surface area contributed by atoms with Gasteiger partial charge < -0.3 is 5.11 Å². The third-order valence-corrected chi connectivity index (χ3v) is 4.82. The fourth-order valence-electron chi connectivity index (χ4n) is 3.48. The molecule has 0 bridgehead atoms. The molecule has 3 rings (SSSR count). The van der Waals surface area contributed by atoms with Crippen molar-refractivity contribution in [2.24, 2.45) is 5.92 Å². The molecule has 2 atom stereocenters. The van der Waals surface area contributed by atoms with E-state index in [1.54, 1.807) is 0 Å². The molecular weight excluding hydrogens is 294 g/mol. The Labute approximate surface area is 137 Å². The van der Waals surface area contributed by atoms with Crippen LogP contribution in [0, 0.1) is 5.92 Å². The highest BCUT2D eigenvalue weighted by Gasteiger charge is 2.33. The molecule has 1 heterocycles. The van der Waals surface area contributed by atoms with Crippen molar-refractivity contribution in [2.75, 3.05) is 19.7 Å². The second kappa shape index (κ2) is 7.28. The van der Waals surface area contributed by atoms with Crippen molar-refractivity contribution in [3.63, 3.8) is 0 Å². The van der Waals surface area contributed by atoms with E-state index in [4.69, 9.17) is 11.6 Å². The molecule has 0 aromatic heterocycles. The molecule has 0 spiro atoms.